The summed E-state index contributed by atoms with van der Waals surface area (Å²) in [6, 6.07) is 83.7. The SMILES string of the molecule is c1ccc(-c2ccc3ccc(-c4ccc5cc(N(c6ccccc6-c6ccccc6)c6cccc7c6c6ccccc6n7-c6ccccc6)ccc5c4)cc3c2)cc1. The van der Waals surface area contributed by atoms with E-state index in [1.807, 2.05) is 0 Å². The second-order valence-corrected chi connectivity index (χ2v) is 15.0. The minimum absolute atomic E-state index is 1.10. The minimum Gasteiger partial charge on any atom is -0.309 e. The molecule has 11 rings (SSSR count). The molecule has 2 nitrogen and oxygen atoms in total. The molecule has 2 heteroatoms. The van der Waals surface area contributed by atoms with Crippen molar-refractivity contribution < 1.29 is 0 Å². The first-order valence-electron chi connectivity index (χ1n) is 19.9. The Morgan fingerprint density at radius 2 is 0.845 bits per heavy atom. The summed E-state index contributed by atoms with van der Waals surface area (Å²) < 4.78 is 2.40. The van der Waals surface area contributed by atoms with E-state index in [1.54, 1.807) is 0 Å². The number of rotatable bonds is 7. The maximum absolute atomic E-state index is 2.47. The van der Waals surface area contributed by atoms with Gasteiger partial charge in [0, 0.05) is 27.7 Å². The molecule has 0 aliphatic heterocycles. The molecule has 0 unspecified atom stereocenters. The number of benzene rings is 10. The average molecular weight is 739 g/mol. The van der Waals surface area contributed by atoms with E-state index in [0.717, 1.165) is 22.7 Å². The van der Waals surface area contributed by atoms with Crippen LogP contribution in [-0.2, 0) is 0 Å². The smallest absolute Gasteiger partial charge is 0.0562 e. The Morgan fingerprint density at radius 3 is 1.60 bits per heavy atom. The third-order valence-electron chi connectivity index (χ3n) is 11.5. The second-order valence-electron chi connectivity index (χ2n) is 15.0. The molecule has 1 heterocycles. The van der Waals surface area contributed by atoms with E-state index in [1.165, 1.54) is 76.7 Å². The lowest BCUT2D eigenvalue weighted by molar-refractivity contribution is 1.18. The lowest BCUT2D eigenvalue weighted by atomic mass is 9.96. The Bertz CT molecular complexity index is 3270. The Balaban J connectivity index is 1.08. The monoisotopic (exact) mass is 738 g/mol. The fourth-order valence-corrected chi connectivity index (χ4v) is 8.77. The average Bonchev–Trinajstić information content (AvgIpc) is 3.65. The highest BCUT2D eigenvalue weighted by Crippen LogP contribution is 2.47. The molecule has 1 aromatic heterocycles. The van der Waals surface area contributed by atoms with Gasteiger partial charge in [0.05, 0.1) is 22.4 Å². The Morgan fingerprint density at radius 1 is 0.310 bits per heavy atom. The topological polar surface area (TPSA) is 8.17 Å². The molecule has 0 amide bonds. The summed E-state index contributed by atoms with van der Waals surface area (Å²) in [7, 11) is 0. The van der Waals surface area contributed by atoms with Crippen LogP contribution in [0.5, 0.6) is 0 Å². The van der Waals surface area contributed by atoms with Gasteiger partial charge in [-0.1, -0.05) is 164 Å². The van der Waals surface area contributed by atoms with Crippen LogP contribution in [0.1, 0.15) is 0 Å². The molecule has 0 fully saturated rings. The third-order valence-corrected chi connectivity index (χ3v) is 11.5. The van der Waals surface area contributed by atoms with Crippen molar-refractivity contribution in [1.29, 1.82) is 0 Å². The molecule has 0 saturated heterocycles. The van der Waals surface area contributed by atoms with Crippen molar-refractivity contribution in [3.05, 3.63) is 231 Å². The fraction of sp³-hybridized carbons (Fsp3) is 0. The van der Waals surface area contributed by atoms with Gasteiger partial charge in [0.2, 0.25) is 0 Å². The summed E-state index contributed by atoms with van der Waals surface area (Å²) in [6.07, 6.45) is 0. The van der Waals surface area contributed by atoms with Crippen LogP contribution in [0, 0.1) is 0 Å². The number of nitrogens with zero attached hydrogens (tertiary/aromatic N) is 2. The van der Waals surface area contributed by atoms with Crippen molar-refractivity contribution in [1.82, 2.24) is 4.57 Å². The van der Waals surface area contributed by atoms with Gasteiger partial charge in [-0.15, -0.1) is 0 Å². The van der Waals surface area contributed by atoms with E-state index in [-0.39, 0.29) is 0 Å². The van der Waals surface area contributed by atoms with Crippen LogP contribution in [0.25, 0.3) is 82.4 Å². The van der Waals surface area contributed by atoms with E-state index < -0.39 is 0 Å². The summed E-state index contributed by atoms with van der Waals surface area (Å²) >= 11 is 0. The first kappa shape index (κ1) is 33.6. The molecule has 10 aromatic carbocycles. The van der Waals surface area contributed by atoms with Gasteiger partial charge in [-0.05, 0) is 116 Å². The lowest BCUT2D eigenvalue weighted by Gasteiger charge is -2.29. The van der Waals surface area contributed by atoms with E-state index in [4.69, 9.17) is 0 Å². The Labute approximate surface area is 338 Å². The van der Waals surface area contributed by atoms with Crippen molar-refractivity contribution in [2.45, 2.75) is 0 Å². The van der Waals surface area contributed by atoms with Crippen molar-refractivity contribution >= 4 is 60.4 Å². The largest absolute Gasteiger partial charge is 0.309 e. The van der Waals surface area contributed by atoms with Crippen molar-refractivity contribution in [3.63, 3.8) is 0 Å². The summed E-state index contributed by atoms with van der Waals surface area (Å²) in [5.41, 5.74) is 14.1. The zero-order valence-electron chi connectivity index (χ0n) is 31.8. The first-order valence-corrected chi connectivity index (χ1v) is 19.9. The van der Waals surface area contributed by atoms with Crippen LogP contribution in [0.2, 0.25) is 0 Å². The summed E-state index contributed by atoms with van der Waals surface area (Å²) in [6.45, 7) is 0. The maximum atomic E-state index is 2.47. The van der Waals surface area contributed by atoms with Gasteiger partial charge < -0.3 is 9.47 Å². The molecule has 0 N–H and O–H groups in total. The van der Waals surface area contributed by atoms with E-state index in [2.05, 4.69) is 240 Å². The molecule has 58 heavy (non-hydrogen) atoms. The fourth-order valence-electron chi connectivity index (χ4n) is 8.77. The van der Waals surface area contributed by atoms with Gasteiger partial charge in [0.15, 0.2) is 0 Å². The molecule has 11 aromatic rings. The molecule has 0 aliphatic carbocycles. The number of fused-ring (bicyclic) bond motifs is 5. The molecule has 0 aliphatic rings. The lowest BCUT2D eigenvalue weighted by Crippen LogP contribution is -2.11. The Kier molecular flexibility index (Phi) is 8.19. The van der Waals surface area contributed by atoms with Crippen LogP contribution < -0.4 is 4.90 Å². The number of aromatic nitrogens is 1. The standard InChI is InChI=1S/C56H38N2/c1-4-15-39(16-5-1)42-29-27-40-28-30-44(37-47(40)36-42)43-31-32-46-38-49(34-33-45(46)35-43)58(52-23-12-10-21-50(52)41-17-6-2-7-18-41)55-26-14-25-54-56(55)51-22-11-13-24-53(51)57(54)48-19-8-3-9-20-48/h1-38H. The van der Waals surface area contributed by atoms with Crippen molar-refractivity contribution in [2.24, 2.45) is 0 Å². The molecule has 272 valence electrons. The van der Waals surface area contributed by atoms with Crippen LogP contribution in [0.3, 0.4) is 0 Å². The van der Waals surface area contributed by atoms with E-state index in [9.17, 15) is 0 Å². The summed E-state index contributed by atoms with van der Waals surface area (Å²) in [5.74, 6) is 0. The van der Waals surface area contributed by atoms with E-state index in [0.29, 0.717) is 0 Å². The maximum Gasteiger partial charge on any atom is 0.0562 e. The number of hydrogen-bond acceptors (Lipinski definition) is 1. The summed E-state index contributed by atoms with van der Waals surface area (Å²) in [4.78, 5) is 2.47. The predicted octanol–water partition coefficient (Wildman–Crippen LogP) is 15.6. The minimum atomic E-state index is 1.10. The molecule has 0 atom stereocenters. The molecule has 0 radical (unpaired) electrons. The highest BCUT2D eigenvalue weighted by atomic mass is 15.2. The highest BCUT2D eigenvalue weighted by Gasteiger charge is 2.23. The third kappa shape index (κ3) is 5.82. The molecule has 0 spiro atoms. The zero-order valence-corrected chi connectivity index (χ0v) is 31.8. The van der Waals surface area contributed by atoms with Crippen LogP contribution >= 0.6 is 0 Å². The number of hydrogen-bond donors (Lipinski definition) is 0. The molecule has 0 saturated carbocycles. The van der Waals surface area contributed by atoms with Gasteiger partial charge in [0.1, 0.15) is 0 Å². The quantitative estimate of drug-likeness (QED) is 0.158. The van der Waals surface area contributed by atoms with Gasteiger partial charge in [-0.25, -0.2) is 0 Å². The second kappa shape index (κ2) is 14.1. The van der Waals surface area contributed by atoms with Crippen LogP contribution in [-0.4, -0.2) is 4.57 Å². The molecule has 0 bridgehead atoms. The molecular weight excluding hydrogens is 701 g/mol. The van der Waals surface area contributed by atoms with Crippen LogP contribution in [0.4, 0.5) is 17.1 Å². The van der Waals surface area contributed by atoms with Crippen molar-refractivity contribution in [2.75, 3.05) is 4.90 Å². The summed E-state index contributed by atoms with van der Waals surface area (Å²) in [5, 5.41) is 7.31. The number of para-hydroxylation sites is 3. The van der Waals surface area contributed by atoms with Crippen molar-refractivity contribution in [3.8, 4) is 39.1 Å². The normalized spacial score (nSPS) is 11.4. The Hall–Kier alpha value is -7.68. The van der Waals surface area contributed by atoms with Gasteiger partial charge in [-0.3, -0.25) is 0 Å². The van der Waals surface area contributed by atoms with E-state index >= 15 is 0 Å². The first-order chi connectivity index (χ1) is 28.8. The van der Waals surface area contributed by atoms with Gasteiger partial charge >= 0.3 is 0 Å². The zero-order chi connectivity index (χ0) is 38.4. The number of anilines is 3. The van der Waals surface area contributed by atoms with Crippen LogP contribution in [0.15, 0.2) is 231 Å². The van der Waals surface area contributed by atoms with Gasteiger partial charge in [-0.2, -0.15) is 0 Å². The van der Waals surface area contributed by atoms with Gasteiger partial charge in [0.25, 0.3) is 0 Å². The highest BCUT2D eigenvalue weighted by molar-refractivity contribution is 6.17. The molecular formula is C56H38N2. The predicted molar refractivity (Wildman–Crippen MR) is 247 cm³/mol.